The topological polar surface area (TPSA) is 115 Å². The van der Waals surface area contributed by atoms with Crippen LogP contribution in [0.4, 0.5) is 0 Å². The van der Waals surface area contributed by atoms with Crippen LogP contribution in [0.2, 0.25) is 0 Å². The molecule has 0 spiro atoms. The molecule has 12 aromatic carbocycles. The van der Waals surface area contributed by atoms with E-state index < -0.39 is 0 Å². The summed E-state index contributed by atoms with van der Waals surface area (Å²) in [5.74, 6) is 0. The molecule has 19 aromatic rings. The molecule has 0 aliphatic heterocycles. The van der Waals surface area contributed by atoms with Gasteiger partial charge in [0.1, 0.15) is 62.4 Å². The Morgan fingerprint density at radius 2 is 0.627 bits per heavy atom. The molecule has 0 N–H and O–H groups in total. The molecule has 7 heterocycles. The molecule has 382 valence electrons. The van der Waals surface area contributed by atoms with E-state index in [2.05, 4.69) is 159 Å². The second-order valence-corrected chi connectivity index (χ2v) is 21.5. The quantitative estimate of drug-likeness (QED) is 0.173. The van der Waals surface area contributed by atoms with Gasteiger partial charge in [0.25, 0.3) is 0 Å². The Kier molecular flexibility index (Phi) is 8.48. The summed E-state index contributed by atoms with van der Waals surface area (Å²) in [6.45, 7) is 0. The minimum Gasteiger partial charge on any atom is -0.456 e. The van der Waals surface area contributed by atoms with Crippen LogP contribution in [0.5, 0.6) is 0 Å². The Bertz CT molecular complexity index is 6230. The predicted octanol–water partition coefficient (Wildman–Crippen LogP) is 20.0. The number of hydrogen-bond donors (Lipinski definition) is 0. The highest BCUT2D eigenvalue weighted by molar-refractivity contribution is 6.29. The summed E-state index contributed by atoms with van der Waals surface area (Å²) < 4.78 is 34.2. The first-order valence-electron chi connectivity index (χ1n) is 27.6. The average Bonchev–Trinajstić information content (AvgIpc) is 2.61. The maximum atomic E-state index is 13.0. The van der Waals surface area contributed by atoms with E-state index in [1.54, 1.807) is 0 Å². The molecule has 19 rings (SSSR count). The smallest absolute Gasteiger partial charge is 0.143 e. The van der Waals surface area contributed by atoms with E-state index in [0.29, 0.717) is 56.1 Å². The molecule has 0 saturated carbocycles. The van der Waals surface area contributed by atoms with Crippen LogP contribution in [0.3, 0.4) is 0 Å². The van der Waals surface area contributed by atoms with Crippen LogP contribution in [0.15, 0.2) is 242 Å². The lowest BCUT2D eigenvalue weighted by molar-refractivity contribution is 0.668. The third-order valence-electron chi connectivity index (χ3n) is 17.5. The van der Waals surface area contributed by atoms with Gasteiger partial charge in [0.05, 0.1) is 71.9 Å². The van der Waals surface area contributed by atoms with Crippen LogP contribution >= 0.6 is 0 Å². The lowest BCUT2D eigenvalue weighted by atomic mass is 9.90. The van der Waals surface area contributed by atoms with E-state index in [4.69, 9.17) is 17.7 Å². The summed E-state index contributed by atoms with van der Waals surface area (Å²) in [5, 5.41) is 38.9. The van der Waals surface area contributed by atoms with Crippen LogP contribution < -0.4 is 0 Å². The molecule has 0 radical (unpaired) electrons. The number of hydrogen-bond acceptors (Lipinski definition) is 6. The van der Waals surface area contributed by atoms with Crippen molar-refractivity contribution in [3.8, 4) is 40.3 Å². The lowest BCUT2D eigenvalue weighted by Gasteiger charge is -2.26. The monoisotopic (exact) mass is 1060 g/mol. The van der Waals surface area contributed by atoms with Gasteiger partial charge in [-0.25, -0.2) is 0 Å². The van der Waals surface area contributed by atoms with Crippen molar-refractivity contribution >= 4 is 153 Å². The second kappa shape index (κ2) is 16.0. The Labute approximate surface area is 468 Å². The fraction of sp³-hybridized carbons (Fsp3) is 0. The normalized spacial score (nSPS) is 12.3. The Hall–Kier alpha value is -11.8. The Morgan fingerprint density at radius 3 is 1.07 bits per heavy atom. The summed E-state index contributed by atoms with van der Waals surface area (Å²) in [6, 6.07) is 82.2. The largest absolute Gasteiger partial charge is 0.456 e. The van der Waals surface area contributed by atoms with E-state index in [1.807, 2.05) is 91.0 Å². The summed E-state index contributed by atoms with van der Waals surface area (Å²) >= 11 is 0. The number of fused-ring (bicyclic) bond motifs is 24. The summed E-state index contributed by atoms with van der Waals surface area (Å²) in [5.41, 5.74) is 14.0. The van der Waals surface area contributed by atoms with Gasteiger partial charge >= 0.3 is 0 Å². The van der Waals surface area contributed by atoms with Crippen molar-refractivity contribution in [1.82, 2.24) is 13.7 Å². The van der Waals surface area contributed by atoms with E-state index in [1.165, 1.54) is 0 Å². The van der Waals surface area contributed by atoms with E-state index in [9.17, 15) is 10.5 Å². The lowest BCUT2D eigenvalue weighted by Crippen LogP contribution is -2.14. The van der Waals surface area contributed by atoms with Gasteiger partial charge in [-0.2, -0.15) is 10.5 Å². The van der Waals surface area contributed by atoms with Crippen molar-refractivity contribution in [3.05, 3.63) is 236 Å². The van der Waals surface area contributed by atoms with Gasteiger partial charge in [-0.15, -0.1) is 0 Å². The molecule has 0 fully saturated rings. The van der Waals surface area contributed by atoms with Gasteiger partial charge in [-0.1, -0.05) is 146 Å². The van der Waals surface area contributed by atoms with E-state index >= 15 is 0 Å². The van der Waals surface area contributed by atoms with Crippen LogP contribution in [-0.4, -0.2) is 13.7 Å². The second-order valence-electron chi connectivity index (χ2n) is 21.5. The number of nitrogens with zero attached hydrogens (tertiary/aromatic N) is 5. The van der Waals surface area contributed by atoms with Crippen LogP contribution in [0, 0.1) is 22.7 Å². The molecule has 0 unspecified atom stereocenters. The molecular weight excluding hydrogens is 1020 g/mol. The van der Waals surface area contributed by atoms with Gasteiger partial charge < -0.3 is 31.4 Å². The minimum atomic E-state index is 0.271. The summed E-state index contributed by atoms with van der Waals surface area (Å²) in [7, 11) is 0. The van der Waals surface area contributed by atoms with Crippen molar-refractivity contribution in [2.24, 2.45) is 0 Å². The fourth-order valence-corrected chi connectivity index (χ4v) is 14.3. The number of rotatable bonds is 4. The van der Waals surface area contributed by atoms with Crippen molar-refractivity contribution in [2.75, 3.05) is 0 Å². The third-order valence-corrected chi connectivity index (χ3v) is 17.5. The van der Waals surface area contributed by atoms with Gasteiger partial charge in [0, 0.05) is 70.4 Å². The van der Waals surface area contributed by atoms with Crippen LogP contribution in [-0.2, 0) is 0 Å². The molecule has 0 aliphatic carbocycles. The molecule has 9 nitrogen and oxygen atoms in total. The van der Waals surface area contributed by atoms with Crippen molar-refractivity contribution in [3.63, 3.8) is 0 Å². The molecule has 0 bridgehead atoms. The maximum Gasteiger partial charge on any atom is 0.143 e. The number of nitriles is 2. The number of aromatic nitrogens is 3. The number of furan rings is 4. The molecule has 83 heavy (non-hydrogen) atoms. The first-order valence-corrected chi connectivity index (χ1v) is 27.6. The highest BCUT2D eigenvalue weighted by atomic mass is 16.3. The highest BCUT2D eigenvalue weighted by Gasteiger charge is 2.36. The summed E-state index contributed by atoms with van der Waals surface area (Å²) in [6.07, 6.45) is 0. The molecule has 9 heteroatoms. The SMILES string of the molecule is N#Cc1c(-c2cccc3c2oc2ccccc23)c(-n2c3ccccc3c3ccc4oc5ccccc5c4c32)c(-n2c3ccccc3c3ccc4oc5ccccc5c4c32)c(C#N)c1-n1c2ccccc2c2ccc3oc4ccccc4c3c21. The fourth-order valence-electron chi connectivity index (χ4n) is 14.3. The predicted molar refractivity (Wildman–Crippen MR) is 333 cm³/mol. The van der Waals surface area contributed by atoms with Crippen molar-refractivity contribution in [1.29, 1.82) is 10.5 Å². The molecule has 0 saturated heterocycles. The first kappa shape index (κ1) is 44.1. The van der Waals surface area contributed by atoms with Gasteiger partial charge in [0.15, 0.2) is 0 Å². The Morgan fingerprint density at radius 1 is 0.265 bits per heavy atom. The van der Waals surface area contributed by atoms with Gasteiger partial charge in [0.2, 0.25) is 0 Å². The molecule has 0 aliphatic rings. The van der Waals surface area contributed by atoms with Gasteiger partial charge in [-0.3, -0.25) is 0 Å². The average molecular weight is 1060 g/mol. The standard InChI is InChI=1S/C74H37N5O4/c75-38-52-64(51-24-15-23-47-43-19-4-11-28-57(43)83-74(47)51)73(79-56-27-10-3-18-42(56)46-34-37-63-67(71(46)79)50-22-7-14-31-60(50)82-63)72(78-55-26-9-2-17-41(55)45-33-36-62-66(70(45)78)49-21-6-13-30-59(49)81-62)53(39-76)68(52)77-54-25-8-1-16-40(54)44-32-35-61-65(69(44)77)48-20-5-12-29-58(48)80-61/h1-37H. The van der Waals surface area contributed by atoms with Crippen molar-refractivity contribution in [2.45, 2.75) is 0 Å². The Balaban J connectivity index is 1.16. The number of benzene rings is 12. The van der Waals surface area contributed by atoms with Crippen LogP contribution in [0.25, 0.3) is 181 Å². The summed E-state index contributed by atoms with van der Waals surface area (Å²) in [4.78, 5) is 0. The molecule has 7 aromatic heterocycles. The first-order chi connectivity index (χ1) is 41.1. The zero-order chi connectivity index (χ0) is 54.3. The highest BCUT2D eigenvalue weighted by Crippen LogP contribution is 2.53. The minimum absolute atomic E-state index is 0.271. The van der Waals surface area contributed by atoms with Crippen molar-refractivity contribution < 1.29 is 17.7 Å². The van der Waals surface area contributed by atoms with Crippen LogP contribution in [0.1, 0.15) is 11.1 Å². The maximum absolute atomic E-state index is 13.0. The van der Waals surface area contributed by atoms with Gasteiger partial charge in [-0.05, 0) is 78.9 Å². The van der Waals surface area contributed by atoms with E-state index in [0.717, 1.165) is 125 Å². The van der Waals surface area contributed by atoms with E-state index in [-0.39, 0.29) is 11.1 Å². The molecule has 0 amide bonds. The molecule has 0 atom stereocenters. The molecular formula is C74H37N5O4. The zero-order valence-corrected chi connectivity index (χ0v) is 43.7. The zero-order valence-electron chi connectivity index (χ0n) is 43.7. The third kappa shape index (κ3) is 5.57. The number of para-hydroxylation sites is 8.